The van der Waals surface area contributed by atoms with Crippen molar-refractivity contribution in [2.24, 2.45) is 0 Å². The maximum absolute atomic E-state index is 9.64. The van der Waals surface area contributed by atoms with E-state index in [2.05, 4.69) is 6.07 Å². The lowest BCUT2D eigenvalue weighted by atomic mass is 9.92. The molecule has 0 aromatic heterocycles. The van der Waals surface area contributed by atoms with E-state index in [-0.39, 0.29) is 6.10 Å². The SMILES string of the molecule is CCOc1ccccc1C1=CC(O)CCC1. The fourth-order valence-electron chi connectivity index (χ4n) is 2.14. The van der Waals surface area contributed by atoms with E-state index in [0.717, 1.165) is 30.6 Å². The van der Waals surface area contributed by atoms with Crippen LogP contribution in [-0.2, 0) is 0 Å². The summed E-state index contributed by atoms with van der Waals surface area (Å²) in [5.74, 6) is 0.922. The third-order valence-corrected chi connectivity index (χ3v) is 2.87. The average molecular weight is 218 g/mol. The van der Waals surface area contributed by atoms with Gasteiger partial charge in [-0.15, -0.1) is 0 Å². The van der Waals surface area contributed by atoms with Crippen LogP contribution in [0.5, 0.6) is 5.75 Å². The molecule has 0 saturated heterocycles. The summed E-state index contributed by atoms with van der Waals surface area (Å²) in [6.07, 6.45) is 4.62. The van der Waals surface area contributed by atoms with Crippen molar-refractivity contribution >= 4 is 5.57 Å². The summed E-state index contributed by atoms with van der Waals surface area (Å²) in [6, 6.07) is 8.05. The van der Waals surface area contributed by atoms with Gasteiger partial charge in [0.15, 0.2) is 0 Å². The quantitative estimate of drug-likeness (QED) is 0.845. The molecule has 0 fully saturated rings. The van der Waals surface area contributed by atoms with Gasteiger partial charge < -0.3 is 9.84 Å². The van der Waals surface area contributed by atoms with Crippen LogP contribution in [-0.4, -0.2) is 17.8 Å². The van der Waals surface area contributed by atoms with Crippen molar-refractivity contribution in [3.8, 4) is 5.75 Å². The summed E-state index contributed by atoms with van der Waals surface area (Å²) in [5.41, 5.74) is 2.34. The Morgan fingerprint density at radius 3 is 2.94 bits per heavy atom. The van der Waals surface area contributed by atoms with Crippen LogP contribution in [0.4, 0.5) is 0 Å². The van der Waals surface area contributed by atoms with E-state index in [1.54, 1.807) is 0 Å². The van der Waals surface area contributed by atoms with Gasteiger partial charge in [-0.2, -0.15) is 0 Å². The third kappa shape index (κ3) is 2.45. The second-order valence-corrected chi connectivity index (χ2v) is 4.08. The molecule has 0 spiro atoms. The maximum Gasteiger partial charge on any atom is 0.126 e. The lowest BCUT2D eigenvalue weighted by Gasteiger charge is -2.19. The fraction of sp³-hybridized carbons (Fsp3) is 0.429. The number of hydrogen-bond donors (Lipinski definition) is 1. The number of para-hydroxylation sites is 1. The minimum absolute atomic E-state index is 0.293. The van der Waals surface area contributed by atoms with Gasteiger partial charge in [0.2, 0.25) is 0 Å². The van der Waals surface area contributed by atoms with E-state index < -0.39 is 0 Å². The molecule has 86 valence electrons. The Bertz CT molecular complexity index is 382. The molecule has 1 aromatic carbocycles. The number of allylic oxidation sites excluding steroid dienone is 1. The Balaban J connectivity index is 2.31. The molecule has 0 aliphatic heterocycles. The second kappa shape index (κ2) is 5.17. The van der Waals surface area contributed by atoms with Crippen LogP contribution in [0.3, 0.4) is 0 Å². The highest BCUT2D eigenvalue weighted by Gasteiger charge is 2.14. The molecule has 0 saturated carbocycles. The molecule has 0 amide bonds. The molecule has 0 radical (unpaired) electrons. The first-order chi connectivity index (χ1) is 7.81. The number of hydrogen-bond acceptors (Lipinski definition) is 2. The number of rotatable bonds is 3. The van der Waals surface area contributed by atoms with Crippen molar-refractivity contribution in [2.75, 3.05) is 6.61 Å². The number of aliphatic hydroxyl groups is 1. The highest BCUT2D eigenvalue weighted by Crippen LogP contribution is 2.32. The van der Waals surface area contributed by atoms with Gasteiger partial charge in [-0.05, 0) is 37.8 Å². The van der Waals surface area contributed by atoms with E-state index in [1.165, 1.54) is 5.57 Å². The first-order valence-corrected chi connectivity index (χ1v) is 5.92. The highest BCUT2D eigenvalue weighted by atomic mass is 16.5. The van der Waals surface area contributed by atoms with Crippen molar-refractivity contribution in [3.63, 3.8) is 0 Å². The third-order valence-electron chi connectivity index (χ3n) is 2.87. The van der Waals surface area contributed by atoms with Crippen LogP contribution in [0.15, 0.2) is 30.3 Å². The number of aliphatic hydroxyl groups excluding tert-OH is 1. The Morgan fingerprint density at radius 2 is 2.19 bits per heavy atom. The topological polar surface area (TPSA) is 29.5 Å². The van der Waals surface area contributed by atoms with E-state index in [9.17, 15) is 5.11 Å². The normalized spacial score (nSPS) is 20.4. The van der Waals surface area contributed by atoms with Crippen LogP contribution in [0.1, 0.15) is 31.7 Å². The van der Waals surface area contributed by atoms with Gasteiger partial charge in [-0.25, -0.2) is 0 Å². The van der Waals surface area contributed by atoms with Crippen molar-refractivity contribution in [2.45, 2.75) is 32.3 Å². The molecule has 0 heterocycles. The monoisotopic (exact) mass is 218 g/mol. The lowest BCUT2D eigenvalue weighted by molar-refractivity contribution is 0.206. The smallest absolute Gasteiger partial charge is 0.126 e. The van der Waals surface area contributed by atoms with Gasteiger partial charge in [-0.1, -0.05) is 24.3 Å². The molecule has 1 unspecified atom stereocenters. The molecule has 1 aliphatic carbocycles. The van der Waals surface area contributed by atoms with Gasteiger partial charge in [0.25, 0.3) is 0 Å². The Labute approximate surface area is 96.6 Å². The molecule has 0 bridgehead atoms. The first kappa shape index (κ1) is 11.2. The van der Waals surface area contributed by atoms with Crippen molar-refractivity contribution < 1.29 is 9.84 Å². The molecule has 1 aliphatic rings. The zero-order valence-electron chi connectivity index (χ0n) is 9.65. The standard InChI is InChI=1S/C14H18O2/c1-2-16-14-9-4-3-8-13(14)11-6-5-7-12(15)10-11/h3-4,8-10,12,15H,2,5-7H2,1H3. The summed E-state index contributed by atoms with van der Waals surface area (Å²) in [4.78, 5) is 0. The van der Waals surface area contributed by atoms with Gasteiger partial charge in [0.1, 0.15) is 5.75 Å². The van der Waals surface area contributed by atoms with Crippen molar-refractivity contribution in [1.29, 1.82) is 0 Å². The second-order valence-electron chi connectivity index (χ2n) is 4.08. The zero-order valence-corrected chi connectivity index (χ0v) is 9.65. The van der Waals surface area contributed by atoms with E-state index >= 15 is 0 Å². The predicted octanol–water partition coefficient (Wildman–Crippen LogP) is 3.01. The fourth-order valence-corrected chi connectivity index (χ4v) is 2.14. The van der Waals surface area contributed by atoms with Gasteiger partial charge in [0.05, 0.1) is 12.7 Å². The van der Waals surface area contributed by atoms with Gasteiger partial charge >= 0.3 is 0 Å². The lowest BCUT2D eigenvalue weighted by Crippen LogP contribution is -2.09. The first-order valence-electron chi connectivity index (χ1n) is 5.92. The number of benzene rings is 1. The van der Waals surface area contributed by atoms with Crippen LogP contribution < -0.4 is 4.74 Å². The minimum atomic E-state index is -0.293. The number of ether oxygens (including phenoxy) is 1. The summed E-state index contributed by atoms with van der Waals surface area (Å²) in [7, 11) is 0. The van der Waals surface area contributed by atoms with Crippen LogP contribution in [0, 0.1) is 0 Å². The average Bonchev–Trinajstić information content (AvgIpc) is 2.30. The van der Waals surface area contributed by atoms with E-state index in [4.69, 9.17) is 4.74 Å². The molecule has 1 N–H and O–H groups in total. The molecular weight excluding hydrogens is 200 g/mol. The molecular formula is C14H18O2. The molecule has 16 heavy (non-hydrogen) atoms. The highest BCUT2D eigenvalue weighted by molar-refractivity contribution is 5.71. The summed E-state index contributed by atoms with van der Waals surface area (Å²) >= 11 is 0. The molecule has 1 atom stereocenters. The van der Waals surface area contributed by atoms with Gasteiger partial charge in [-0.3, -0.25) is 0 Å². The zero-order chi connectivity index (χ0) is 11.4. The van der Waals surface area contributed by atoms with Crippen LogP contribution in [0.25, 0.3) is 5.57 Å². The minimum Gasteiger partial charge on any atom is -0.493 e. The largest absolute Gasteiger partial charge is 0.493 e. The molecule has 2 nitrogen and oxygen atoms in total. The summed E-state index contributed by atoms with van der Waals surface area (Å²) < 4.78 is 5.60. The molecule has 2 heteroatoms. The van der Waals surface area contributed by atoms with Crippen molar-refractivity contribution in [1.82, 2.24) is 0 Å². The Kier molecular flexibility index (Phi) is 3.62. The van der Waals surface area contributed by atoms with Gasteiger partial charge in [0, 0.05) is 5.56 Å². The molecule has 2 rings (SSSR count). The van der Waals surface area contributed by atoms with Crippen LogP contribution in [0.2, 0.25) is 0 Å². The van der Waals surface area contributed by atoms with Crippen molar-refractivity contribution in [3.05, 3.63) is 35.9 Å². The maximum atomic E-state index is 9.64. The van der Waals surface area contributed by atoms with E-state index in [1.807, 2.05) is 31.2 Å². The summed E-state index contributed by atoms with van der Waals surface area (Å²) in [6.45, 7) is 2.66. The predicted molar refractivity (Wildman–Crippen MR) is 65.4 cm³/mol. The van der Waals surface area contributed by atoms with Crippen LogP contribution >= 0.6 is 0 Å². The Hall–Kier alpha value is -1.28. The Morgan fingerprint density at radius 1 is 1.38 bits per heavy atom. The summed E-state index contributed by atoms with van der Waals surface area (Å²) in [5, 5.41) is 9.64. The molecule has 1 aromatic rings. The van der Waals surface area contributed by atoms with E-state index in [0.29, 0.717) is 6.61 Å².